The molecule has 0 N–H and O–H groups in total. The Bertz CT molecular complexity index is 380. The number of esters is 3. The van der Waals surface area contributed by atoms with E-state index >= 15 is 0 Å². The molecule has 0 aromatic carbocycles. The highest BCUT2D eigenvalue weighted by atomic mass is 16.7. The fourth-order valence-electron chi connectivity index (χ4n) is 1.91. The summed E-state index contributed by atoms with van der Waals surface area (Å²) in [5.74, 6) is -1.75. The minimum absolute atomic E-state index is 0.0339. The van der Waals surface area contributed by atoms with Crippen molar-refractivity contribution in [2.45, 2.75) is 45.4 Å². The highest BCUT2D eigenvalue weighted by Crippen LogP contribution is 2.24. The molecule has 8 heteroatoms. The molecule has 0 saturated carbocycles. The Hall–Kier alpha value is -1.67. The lowest BCUT2D eigenvalue weighted by atomic mass is 10.0. The van der Waals surface area contributed by atoms with Gasteiger partial charge in [-0.15, -0.1) is 0 Å². The fourth-order valence-corrected chi connectivity index (χ4v) is 1.91. The van der Waals surface area contributed by atoms with Gasteiger partial charge in [0.1, 0.15) is 0 Å². The maximum atomic E-state index is 11.2. The number of hydrogen-bond acceptors (Lipinski definition) is 8. The number of carbonyl (C=O) groups excluding carboxylic acids is 3. The predicted octanol–water partition coefficient (Wildman–Crippen LogP) is -0.216. The molecule has 1 heterocycles. The fraction of sp³-hybridized carbons (Fsp3) is 0.750. The Labute approximate surface area is 116 Å². The van der Waals surface area contributed by atoms with E-state index in [1.54, 1.807) is 0 Å². The summed E-state index contributed by atoms with van der Waals surface area (Å²) in [4.78, 5) is 33.4. The molecule has 114 valence electrons. The van der Waals surface area contributed by atoms with Crippen LogP contribution in [0.25, 0.3) is 0 Å². The normalized spacial score (nSPS) is 29.4. The van der Waals surface area contributed by atoms with Gasteiger partial charge in [0.2, 0.25) is 0 Å². The van der Waals surface area contributed by atoms with Gasteiger partial charge in [-0.2, -0.15) is 0 Å². The minimum atomic E-state index is -1.01. The zero-order valence-corrected chi connectivity index (χ0v) is 11.8. The zero-order chi connectivity index (χ0) is 15.3. The van der Waals surface area contributed by atoms with Crippen molar-refractivity contribution in [3.8, 4) is 0 Å². The van der Waals surface area contributed by atoms with Crippen molar-refractivity contribution in [1.29, 1.82) is 0 Å². The van der Waals surface area contributed by atoms with E-state index in [-0.39, 0.29) is 6.61 Å². The molecule has 0 aromatic heterocycles. The second-order valence-corrected chi connectivity index (χ2v) is 4.23. The molecule has 0 amide bonds. The Morgan fingerprint density at radius 3 is 1.85 bits per heavy atom. The van der Waals surface area contributed by atoms with Gasteiger partial charge in [0.25, 0.3) is 0 Å². The maximum Gasteiger partial charge on any atom is 0.303 e. The van der Waals surface area contributed by atoms with Gasteiger partial charge in [-0.25, -0.2) is 0 Å². The third kappa shape index (κ3) is 4.46. The summed E-state index contributed by atoms with van der Waals surface area (Å²) >= 11 is 0. The first kappa shape index (κ1) is 16.4. The van der Waals surface area contributed by atoms with Crippen molar-refractivity contribution in [3.05, 3.63) is 0 Å². The lowest BCUT2D eigenvalue weighted by Crippen LogP contribution is -2.57. The molecule has 1 rings (SSSR count). The van der Waals surface area contributed by atoms with Crippen LogP contribution in [-0.4, -0.2) is 56.2 Å². The smallest absolute Gasteiger partial charge is 0.303 e. The molecule has 0 radical (unpaired) electrons. The average molecular weight is 290 g/mol. The van der Waals surface area contributed by atoms with E-state index in [4.69, 9.17) is 23.7 Å². The number of hydrogen-bond donors (Lipinski definition) is 0. The molecule has 0 aliphatic carbocycles. The van der Waals surface area contributed by atoms with Gasteiger partial charge in [-0.05, 0) is 0 Å². The summed E-state index contributed by atoms with van der Waals surface area (Å²) in [5, 5.41) is 0. The summed E-state index contributed by atoms with van der Waals surface area (Å²) in [5.41, 5.74) is 0. The van der Waals surface area contributed by atoms with Crippen molar-refractivity contribution < 1.29 is 38.1 Å². The first-order valence-electron chi connectivity index (χ1n) is 6.01. The maximum absolute atomic E-state index is 11.2. The Morgan fingerprint density at radius 1 is 0.900 bits per heavy atom. The van der Waals surface area contributed by atoms with Gasteiger partial charge in [-0.3, -0.25) is 14.4 Å². The molecule has 1 aliphatic heterocycles. The monoisotopic (exact) mass is 290 g/mol. The van der Waals surface area contributed by atoms with Crippen LogP contribution in [-0.2, 0) is 38.1 Å². The van der Waals surface area contributed by atoms with Crippen molar-refractivity contribution in [2.24, 2.45) is 0 Å². The lowest BCUT2D eigenvalue weighted by molar-refractivity contribution is -0.274. The standard InChI is InChI=1S/C12H18O8/c1-6(13)18-9-5-17-12(16-4)11(20-8(3)15)10(9)19-7(2)14/h9-12H,5H2,1-4H3/t9-,10+,11-,12-/m1/s1. The minimum Gasteiger partial charge on any atom is -0.456 e. The second-order valence-electron chi connectivity index (χ2n) is 4.23. The van der Waals surface area contributed by atoms with E-state index in [0.717, 1.165) is 0 Å². The highest BCUT2D eigenvalue weighted by molar-refractivity contribution is 5.68. The quantitative estimate of drug-likeness (QED) is 0.518. The summed E-state index contributed by atoms with van der Waals surface area (Å²) in [6, 6.07) is 0. The summed E-state index contributed by atoms with van der Waals surface area (Å²) in [6.07, 6.45) is -3.78. The van der Waals surface area contributed by atoms with E-state index in [2.05, 4.69) is 0 Å². The van der Waals surface area contributed by atoms with Crippen molar-refractivity contribution in [1.82, 2.24) is 0 Å². The van der Waals surface area contributed by atoms with Crippen LogP contribution in [0.4, 0.5) is 0 Å². The molecule has 8 nitrogen and oxygen atoms in total. The number of ether oxygens (including phenoxy) is 5. The third-order valence-corrected chi connectivity index (χ3v) is 2.54. The Kier molecular flexibility index (Phi) is 5.90. The molecule has 1 aliphatic rings. The van der Waals surface area contributed by atoms with Gasteiger partial charge in [0.05, 0.1) is 6.61 Å². The molecule has 0 aromatic rings. The van der Waals surface area contributed by atoms with Crippen LogP contribution in [0.1, 0.15) is 20.8 Å². The molecular weight excluding hydrogens is 272 g/mol. The van der Waals surface area contributed by atoms with E-state index in [1.165, 1.54) is 27.9 Å². The van der Waals surface area contributed by atoms with Crippen LogP contribution < -0.4 is 0 Å². The van der Waals surface area contributed by atoms with Crippen molar-refractivity contribution in [2.75, 3.05) is 13.7 Å². The Balaban J connectivity index is 2.95. The van der Waals surface area contributed by atoms with Gasteiger partial charge in [0.15, 0.2) is 24.6 Å². The molecule has 0 unspecified atom stereocenters. The lowest BCUT2D eigenvalue weighted by Gasteiger charge is -2.39. The molecule has 4 atom stereocenters. The molecule has 0 spiro atoms. The highest BCUT2D eigenvalue weighted by Gasteiger charge is 2.47. The SMILES string of the molecule is CO[C@@H]1OC[C@@H](OC(C)=O)[C@H](OC(C)=O)[C@H]1OC(C)=O. The van der Waals surface area contributed by atoms with Crippen molar-refractivity contribution >= 4 is 17.9 Å². The van der Waals surface area contributed by atoms with Gasteiger partial charge in [0, 0.05) is 27.9 Å². The molecular formula is C12H18O8. The van der Waals surface area contributed by atoms with Crippen LogP contribution in [0.15, 0.2) is 0 Å². The number of rotatable bonds is 4. The van der Waals surface area contributed by atoms with Crippen LogP contribution in [0, 0.1) is 0 Å². The first-order valence-corrected chi connectivity index (χ1v) is 6.01. The summed E-state index contributed by atoms with van der Waals surface area (Å²) < 4.78 is 25.5. The predicted molar refractivity (Wildman–Crippen MR) is 63.4 cm³/mol. The topological polar surface area (TPSA) is 97.4 Å². The van der Waals surface area contributed by atoms with Crippen LogP contribution >= 0.6 is 0 Å². The van der Waals surface area contributed by atoms with E-state index in [9.17, 15) is 14.4 Å². The summed E-state index contributed by atoms with van der Waals surface area (Å²) in [7, 11) is 1.36. The zero-order valence-electron chi connectivity index (χ0n) is 11.8. The molecule has 0 bridgehead atoms. The van der Waals surface area contributed by atoms with Gasteiger partial charge >= 0.3 is 17.9 Å². The van der Waals surface area contributed by atoms with Crippen LogP contribution in [0.3, 0.4) is 0 Å². The largest absolute Gasteiger partial charge is 0.456 e. The van der Waals surface area contributed by atoms with Crippen LogP contribution in [0.2, 0.25) is 0 Å². The van der Waals surface area contributed by atoms with Crippen LogP contribution in [0.5, 0.6) is 0 Å². The molecule has 20 heavy (non-hydrogen) atoms. The first-order chi connectivity index (χ1) is 9.35. The average Bonchev–Trinajstić information content (AvgIpc) is 2.31. The third-order valence-electron chi connectivity index (χ3n) is 2.54. The van der Waals surface area contributed by atoms with Gasteiger partial charge in [-0.1, -0.05) is 0 Å². The van der Waals surface area contributed by atoms with E-state index in [1.807, 2.05) is 0 Å². The molecule has 1 fully saturated rings. The summed E-state index contributed by atoms with van der Waals surface area (Å²) in [6.45, 7) is 3.59. The molecule has 1 saturated heterocycles. The Morgan fingerprint density at radius 2 is 1.40 bits per heavy atom. The van der Waals surface area contributed by atoms with E-state index < -0.39 is 42.5 Å². The number of carbonyl (C=O) groups is 3. The second kappa shape index (κ2) is 7.20. The number of methoxy groups -OCH3 is 1. The van der Waals surface area contributed by atoms with Gasteiger partial charge < -0.3 is 23.7 Å². The van der Waals surface area contributed by atoms with Crippen molar-refractivity contribution in [3.63, 3.8) is 0 Å². The van der Waals surface area contributed by atoms with E-state index in [0.29, 0.717) is 0 Å².